The van der Waals surface area contributed by atoms with E-state index >= 15 is 0 Å². The van der Waals surface area contributed by atoms with E-state index in [0.717, 1.165) is 11.7 Å². The molecule has 0 fully saturated rings. The molecule has 2 rings (SSSR count). The van der Waals surface area contributed by atoms with Crippen LogP contribution in [0.25, 0.3) is 11.0 Å². The minimum Gasteiger partial charge on any atom is -0.437 e. The minimum absolute atomic E-state index is 0.0190. The minimum atomic E-state index is -1.02. The highest BCUT2D eigenvalue weighted by Gasteiger charge is 2.16. The molecule has 1 aromatic heterocycles. The Kier molecular flexibility index (Phi) is 4.25. The third-order valence-corrected chi connectivity index (χ3v) is 2.81. The van der Waals surface area contributed by atoms with Crippen molar-refractivity contribution in [3.8, 4) is 5.75 Å². The highest BCUT2D eigenvalue weighted by Crippen LogP contribution is 2.22. The van der Waals surface area contributed by atoms with E-state index in [4.69, 9.17) is 14.9 Å². The van der Waals surface area contributed by atoms with Gasteiger partial charge >= 0.3 is 11.9 Å². The van der Waals surface area contributed by atoms with Crippen LogP contribution in [0.3, 0.4) is 0 Å². The lowest BCUT2D eigenvalue weighted by atomic mass is 10.2. The summed E-state index contributed by atoms with van der Waals surface area (Å²) >= 11 is 0. The first-order valence-electron chi connectivity index (χ1n) is 6.15. The largest absolute Gasteiger partial charge is 0.513 e. The molecule has 0 saturated carbocycles. The van der Waals surface area contributed by atoms with Crippen molar-refractivity contribution in [2.75, 3.05) is 7.11 Å². The highest BCUT2D eigenvalue weighted by atomic mass is 16.7. The summed E-state index contributed by atoms with van der Waals surface area (Å²) in [6.45, 7) is -0.200. The number of primary amides is 1. The van der Waals surface area contributed by atoms with Gasteiger partial charge in [0.15, 0.2) is 11.3 Å². The quantitative estimate of drug-likeness (QED) is 0.620. The average Bonchev–Trinajstić information content (AvgIpc) is 2.47. The van der Waals surface area contributed by atoms with Gasteiger partial charge in [-0.15, -0.1) is 0 Å². The Morgan fingerprint density at radius 3 is 2.68 bits per heavy atom. The highest BCUT2D eigenvalue weighted by molar-refractivity contribution is 5.83. The van der Waals surface area contributed by atoms with Crippen molar-refractivity contribution >= 4 is 23.0 Å². The molecule has 22 heavy (non-hydrogen) atoms. The van der Waals surface area contributed by atoms with Crippen LogP contribution in [0, 0.1) is 0 Å². The summed E-state index contributed by atoms with van der Waals surface area (Å²) in [7, 11) is 1.11. The van der Waals surface area contributed by atoms with Crippen molar-refractivity contribution in [2.45, 2.75) is 13.0 Å². The summed E-state index contributed by atoms with van der Waals surface area (Å²) in [5.41, 5.74) is 4.13. The smallest absolute Gasteiger partial charge is 0.437 e. The number of carbonyl (C=O) groups excluding carboxylic acids is 2. The van der Waals surface area contributed by atoms with Crippen LogP contribution in [-0.4, -0.2) is 23.7 Å². The Labute approximate surface area is 122 Å². The summed E-state index contributed by atoms with van der Waals surface area (Å²) in [5.74, 6) is -1.77. The Morgan fingerprint density at radius 1 is 1.32 bits per heavy atom. The fraction of sp³-hybridized carbons (Fsp3) is 0.231. The number of nitrogens with zero attached hydrogens (tertiary/aromatic N) is 1. The third-order valence-electron chi connectivity index (χ3n) is 2.81. The second-order valence-electron chi connectivity index (χ2n) is 4.23. The van der Waals surface area contributed by atoms with Crippen molar-refractivity contribution < 1.29 is 23.5 Å². The van der Waals surface area contributed by atoms with Crippen LogP contribution in [0.5, 0.6) is 5.75 Å². The van der Waals surface area contributed by atoms with Gasteiger partial charge in [0.05, 0.1) is 12.5 Å². The van der Waals surface area contributed by atoms with Gasteiger partial charge in [0.2, 0.25) is 5.91 Å². The van der Waals surface area contributed by atoms with Crippen LogP contribution in [0.2, 0.25) is 0 Å². The number of aromatic nitrogens is 1. The number of hydrogen-bond donors (Lipinski definition) is 1. The van der Waals surface area contributed by atoms with Crippen LogP contribution in [0.4, 0.5) is 4.79 Å². The first-order valence-corrected chi connectivity index (χ1v) is 6.15. The second-order valence-corrected chi connectivity index (χ2v) is 4.23. The van der Waals surface area contributed by atoms with Gasteiger partial charge in [-0.1, -0.05) is 6.07 Å². The van der Waals surface area contributed by atoms with Gasteiger partial charge in [0.1, 0.15) is 0 Å². The number of methoxy groups -OCH3 is 1. The molecule has 0 atom stereocenters. The number of rotatable bonds is 4. The molecule has 1 aromatic carbocycles. The Hall–Kier alpha value is -3.10. The Bertz CT molecular complexity index is 850. The molecular weight excluding hydrogens is 296 g/mol. The lowest BCUT2D eigenvalue weighted by molar-refractivity contribution is -0.118. The molecule has 116 valence electrons. The van der Waals surface area contributed by atoms with Crippen molar-refractivity contribution in [1.29, 1.82) is 0 Å². The molecule has 0 aliphatic carbocycles. The summed E-state index contributed by atoms with van der Waals surface area (Å²) < 4.78 is 14.9. The molecule has 0 aliphatic heterocycles. The summed E-state index contributed by atoms with van der Waals surface area (Å²) in [6.07, 6.45) is -1.21. The van der Waals surface area contributed by atoms with E-state index in [2.05, 4.69) is 4.74 Å². The van der Waals surface area contributed by atoms with Gasteiger partial charge in [0.25, 0.3) is 5.56 Å². The normalized spacial score (nSPS) is 10.4. The van der Waals surface area contributed by atoms with Crippen LogP contribution >= 0.6 is 0 Å². The second kappa shape index (κ2) is 6.12. The average molecular weight is 308 g/mol. The molecule has 0 aliphatic rings. The Morgan fingerprint density at radius 2 is 2.05 bits per heavy atom. The number of nitrogens with two attached hydrogens (primary N) is 1. The lowest BCUT2D eigenvalue weighted by Gasteiger charge is -2.07. The third kappa shape index (κ3) is 2.97. The first kappa shape index (κ1) is 15.3. The van der Waals surface area contributed by atoms with E-state index in [1.807, 2.05) is 0 Å². The van der Waals surface area contributed by atoms with E-state index in [1.165, 1.54) is 18.2 Å². The maximum Gasteiger partial charge on any atom is 0.513 e. The fourth-order valence-corrected chi connectivity index (χ4v) is 1.79. The summed E-state index contributed by atoms with van der Waals surface area (Å²) in [5, 5.41) is 0.0190. The van der Waals surface area contributed by atoms with Crippen LogP contribution in [0.15, 0.2) is 32.2 Å². The van der Waals surface area contributed by atoms with Gasteiger partial charge in [0, 0.05) is 13.0 Å². The molecule has 2 aromatic rings. The number of ether oxygens (including phenoxy) is 2. The molecule has 1 heterocycles. The monoisotopic (exact) mass is 308 g/mol. The van der Waals surface area contributed by atoms with Crippen LogP contribution < -0.4 is 21.8 Å². The molecule has 0 spiro atoms. The van der Waals surface area contributed by atoms with Crippen molar-refractivity contribution in [1.82, 2.24) is 4.57 Å². The van der Waals surface area contributed by atoms with Gasteiger partial charge in [-0.05, 0) is 12.1 Å². The summed E-state index contributed by atoms with van der Waals surface area (Å²) in [6, 6.07) is 4.18. The number of hydrogen-bond acceptors (Lipinski definition) is 7. The standard InChI is InChI=1S/C13H12N2O7/c1-20-13(19)21-8-4-2-3-7-10(8)22-12(18)15(11(7)17)6-5-9(14)16/h2-4H,5-6H2,1H3,(H2,14,16). The molecule has 2 N–H and O–H groups in total. The zero-order valence-corrected chi connectivity index (χ0v) is 11.5. The van der Waals surface area contributed by atoms with Crippen LogP contribution in [-0.2, 0) is 16.1 Å². The maximum atomic E-state index is 12.2. The SMILES string of the molecule is COC(=O)Oc1cccc2c(=O)n(CCC(N)=O)c(=O)oc12. The molecule has 9 nitrogen and oxygen atoms in total. The number of fused-ring (bicyclic) bond motifs is 1. The predicted molar refractivity (Wildman–Crippen MR) is 73.6 cm³/mol. The molecule has 0 bridgehead atoms. The van der Waals surface area contributed by atoms with Crippen molar-refractivity contribution in [2.24, 2.45) is 5.73 Å². The van der Waals surface area contributed by atoms with E-state index in [0.29, 0.717) is 0 Å². The molecule has 1 amide bonds. The number of amides is 1. The van der Waals surface area contributed by atoms with Crippen molar-refractivity contribution in [3.63, 3.8) is 0 Å². The van der Waals surface area contributed by atoms with Gasteiger partial charge in [-0.3, -0.25) is 9.59 Å². The van der Waals surface area contributed by atoms with Gasteiger partial charge in [-0.25, -0.2) is 14.2 Å². The zero-order chi connectivity index (χ0) is 16.3. The first-order chi connectivity index (χ1) is 10.4. The summed E-state index contributed by atoms with van der Waals surface area (Å²) in [4.78, 5) is 46.0. The van der Waals surface area contributed by atoms with E-state index in [1.54, 1.807) is 0 Å². The number of para-hydroxylation sites is 1. The Balaban J connectivity index is 2.58. The number of benzene rings is 1. The van der Waals surface area contributed by atoms with E-state index in [-0.39, 0.29) is 29.7 Å². The predicted octanol–water partition coefficient (Wildman–Crippen LogP) is -0.0247. The molecule has 0 radical (unpaired) electrons. The molecular formula is C13H12N2O7. The van der Waals surface area contributed by atoms with Crippen LogP contribution in [0.1, 0.15) is 6.42 Å². The fourth-order valence-electron chi connectivity index (χ4n) is 1.79. The van der Waals surface area contributed by atoms with Gasteiger partial charge in [-0.2, -0.15) is 0 Å². The van der Waals surface area contributed by atoms with E-state index < -0.39 is 23.4 Å². The van der Waals surface area contributed by atoms with E-state index in [9.17, 15) is 19.2 Å². The molecule has 0 unspecified atom stereocenters. The maximum absolute atomic E-state index is 12.2. The molecule has 0 saturated heterocycles. The van der Waals surface area contributed by atoms with Crippen molar-refractivity contribution in [3.05, 3.63) is 39.1 Å². The topological polar surface area (TPSA) is 131 Å². The lowest BCUT2D eigenvalue weighted by Crippen LogP contribution is -2.34. The molecule has 9 heteroatoms. The zero-order valence-electron chi connectivity index (χ0n) is 11.5. The number of carbonyl (C=O) groups is 2. The van der Waals surface area contributed by atoms with Gasteiger partial charge < -0.3 is 19.6 Å².